The second-order valence-electron chi connectivity index (χ2n) is 5.44. The molecule has 0 saturated heterocycles. The summed E-state index contributed by atoms with van der Waals surface area (Å²) in [6, 6.07) is 5.69. The van der Waals surface area contributed by atoms with Crippen LogP contribution in [0.1, 0.15) is 17.7 Å². The lowest BCUT2D eigenvalue weighted by Crippen LogP contribution is -2.34. The number of pyridine rings is 1. The van der Waals surface area contributed by atoms with Gasteiger partial charge in [0.2, 0.25) is 5.95 Å². The van der Waals surface area contributed by atoms with Crippen LogP contribution < -0.4 is 10.9 Å². The molecule has 0 aromatic carbocycles. The largest absolute Gasteiger partial charge is 0.383 e. The lowest BCUT2D eigenvalue weighted by Gasteiger charge is -2.27. The fourth-order valence-electron chi connectivity index (χ4n) is 2.93. The third-order valence-electron chi connectivity index (χ3n) is 4.00. The highest BCUT2D eigenvalue weighted by Crippen LogP contribution is 2.22. The molecule has 0 bridgehead atoms. The normalized spacial score (nSPS) is 17.0. The van der Waals surface area contributed by atoms with E-state index in [1.807, 2.05) is 10.6 Å². The van der Waals surface area contributed by atoms with Crippen molar-refractivity contribution in [3.05, 3.63) is 52.2 Å². The maximum atomic E-state index is 12.0. The molecule has 2 aromatic heterocycles. The second kappa shape index (κ2) is 6.70. The molecule has 0 spiro atoms. The number of fused-ring (bicyclic) bond motifs is 1. The molecule has 116 valence electrons. The van der Waals surface area contributed by atoms with Crippen LogP contribution in [0.3, 0.4) is 0 Å². The molecule has 0 amide bonds. The lowest BCUT2D eigenvalue weighted by atomic mass is 9.91. The molecule has 22 heavy (non-hydrogen) atoms. The molecule has 6 heteroatoms. The summed E-state index contributed by atoms with van der Waals surface area (Å²) < 4.78 is 6.94. The number of anilines is 1. The number of aromatic nitrogens is 3. The van der Waals surface area contributed by atoms with Gasteiger partial charge < -0.3 is 14.6 Å². The number of methoxy groups -OCH3 is 1. The Morgan fingerprint density at radius 1 is 1.36 bits per heavy atom. The monoisotopic (exact) mass is 300 g/mol. The predicted octanol–water partition coefficient (Wildman–Crippen LogP) is 1.25. The fourth-order valence-corrected chi connectivity index (χ4v) is 2.93. The zero-order valence-electron chi connectivity index (χ0n) is 12.7. The lowest BCUT2D eigenvalue weighted by molar-refractivity contribution is 0.185. The van der Waals surface area contributed by atoms with E-state index in [2.05, 4.69) is 15.3 Å². The summed E-state index contributed by atoms with van der Waals surface area (Å²) >= 11 is 0. The van der Waals surface area contributed by atoms with E-state index in [4.69, 9.17) is 4.74 Å². The van der Waals surface area contributed by atoms with Crippen LogP contribution in [0.2, 0.25) is 0 Å². The van der Waals surface area contributed by atoms with Crippen LogP contribution in [0.15, 0.2) is 35.4 Å². The maximum absolute atomic E-state index is 12.0. The zero-order valence-corrected chi connectivity index (χ0v) is 12.7. The van der Waals surface area contributed by atoms with Gasteiger partial charge in [0.05, 0.1) is 6.61 Å². The smallest absolute Gasteiger partial charge is 0.250 e. The molecule has 3 rings (SSSR count). The fraction of sp³-hybridized carbons (Fsp3) is 0.438. The van der Waals surface area contributed by atoms with Gasteiger partial charge in [0.15, 0.2) is 0 Å². The van der Waals surface area contributed by atoms with Gasteiger partial charge in [0.25, 0.3) is 5.56 Å². The summed E-state index contributed by atoms with van der Waals surface area (Å²) in [6.07, 6.45) is 6.17. The van der Waals surface area contributed by atoms with Gasteiger partial charge in [-0.15, -0.1) is 0 Å². The van der Waals surface area contributed by atoms with Crippen LogP contribution in [-0.4, -0.2) is 34.3 Å². The SMILES string of the molecule is COCCn1c2c(ccc1=O)CC(Nc1ncccn1)CC2. The summed E-state index contributed by atoms with van der Waals surface area (Å²) in [7, 11) is 1.65. The Morgan fingerprint density at radius 3 is 2.95 bits per heavy atom. The van der Waals surface area contributed by atoms with E-state index in [0.717, 1.165) is 25.0 Å². The van der Waals surface area contributed by atoms with Crippen molar-refractivity contribution in [3.8, 4) is 0 Å². The highest BCUT2D eigenvalue weighted by atomic mass is 16.5. The Morgan fingerprint density at radius 2 is 2.18 bits per heavy atom. The Labute approximate surface area is 129 Å². The number of hydrogen-bond acceptors (Lipinski definition) is 5. The standard InChI is InChI=1S/C16H20N4O2/c1-22-10-9-20-14-5-4-13(11-12(14)3-6-15(20)21)19-16-17-7-2-8-18-16/h2-3,6-8,13H,4-5,9-11H2,1H3,(H,17,18,19). The van der Waals surface area contributed by atoms with Crippen molar-refractivity contribution in [1.82, 2.24) is 14.5 Å². The van der Waals surface area contributed by atoms with Crippen LogP contribution >= 0.6 is 0 Å². The number of ether oxygens (including phenoxy) is 1. The molecule has 1 atom stereocenters. The van der Waals surface area contributed by atoms with Crippen LogP contribution in [0.4, 0.5) is 5.95 Å². The van der Waals surface area contributed by atoms with Crippen LogP contribution in [0.5, 0.6) is 0 Å². The van der Waals surface area contributed by atoms with Gasteiger partial charge >= 0.3 is 0 Å². The Balaban J connectivity index is 1.77. The topological polar surface area (TPSA) is 69.0 Å². The number of nitrogens with one attached hydrogen (secondary N) is 1. The molecule has 2 aromatic rings. The van der Waals surface area contributed by atoms with Crippen molar-refractivity contribution < 1.29 is 4.74 Å². The van der Waals surface area contributed by atoms with E-state index in [0.29, 0.717) is 25.1 Å². The first-order chi connectivity index (χ1) is 10.8. The van der Waals surface area contributed by atoms with E-state index in [-0.39, 0.29) is 5.56 Å². The first-order valence-corrected chi connectivity index (χ1v) is 7.52. The first-order valence-electron chi connectivity index (χ1n) is 7.52. The summed E-state index contributed by atoms with van der Waals surface area (Å²) in [5.74, 6) is 0.656. The van der Waals surface area contributed by atoms with Gasteiger partial charge in [-0.25, -0.2) is 9.97 Å². The highest BCUT2D eigenvalue weighted by Gasteiger charge is 2.21. The zero-order chi connectivity index (χ0) is 15.4. The number of nitrogens with zero attached hydrogens (tertiary/aromatic N) is 3. The van der Waals surface area contributed by atoms with Crippen molar-refractivity contribution in [1.29, 1.82) is 0 Å². The second-order valence-corrected chi connectivity index (χ2v) is 5.44. The van der Waals surface area contributed by atoms with E-state index in [1.54, 1.807) is 31.6 Å². The number of rotatable bonds is 5. The summed E-state index contributed by atoms with van der Waals surface area (Å²) in [5, 5.41) is 3.36. The van der Waals surface area contributed by atoms with Gasteiger partial charge in [0, 0.05) is 43.9 Å². The Kier molecular flexibility index (Phi) is 4.48. The molecule has 2 heterocycles. The van der Waals surface area contributed by atoms with Crippen molar-refractivity contribution in [2.45, 2.75) is 31.8 Å². The van der Waals surface area contributed by atoms with Gasteiger partial charge in [-0.1, -0.05) is 6.07 Å². The van der Waals surface area contributed by atoms with Gasteiger partial charge in [-0.3, -0.25) is 4.79 Å². The molecular weight excluding hydrogens is 280 g/mol. The third-order valence-corrected chi connectivity index (χ3v) is 4.00. The summed E-state index contributed by atoms with van der Waals surface area (Å²) in [6.45, 7) is 1.16. The molecule has 1 N–H and O–H groups in total. The van der Waals surface area contributed by atoms with Crippen molar-refractivity contribution in [3.63, 3.8) is 0 Å². The molecule has 1 unspecified atom stereocenters. The van der Waals surface area contributed by atoms with Gasteiger partial charge in [-0.05, 0) is 30.9 Å². The van der Waals surface area contributed by atoms with Crippen LogP contribution in [0, 0.1) is 0 Å². The molecular formula is C16H20N4O2. The van der Waals surface area contributed by atoms with Crippen molar-refractivity contribution in [2.24, 2.45) is 0 Å². The number of hydrogen-bond donors (Lipinski definition) is 1. The molecule has 0 saturated carbocycles. The minimum Gasteiger partial charge on any atom is -0.383 e. The van der Waals surface area contributed by atoms with Gasteiger partial charge in [0.1, 0.15) is 0 Å². The average molecular weight is 300 g/mol. The van der Waals surface area contributed by atoms with E-state index < -0.39 is 0 Å². The Hall–Kier alpha value is -2.21. The molecule has 0 fully saturated rings. The molecule has 0 aliphatic heterocycles. The molecule has 1 aliphatic carbocycles. The van der Waals surface area contributed by atoms with E-state index in [9.17, 15) is 4.79 Å². The summed E-state index contributed by atoms with van der Waals surface area (Å²) in [5.41, 5.74) is 2.40. The minimum atomic E-state index is 0.0496. The van der Waals surface area contributed by atoms with Crippen LogP contribution in [0.25, 0.3) is 0 Å². The van der Waals surface area contributed by atoms with Gasteiger partial charge in [-0.2, -0.15) is 0 Å². The first kappa shape index (κ1) is 14.7. The van der Waals surface area contributed by atoms with E-state index in [1.165, 1.54) is 5.56 Å². The molecule has 1 aliphatic rings. The minimum absolute atomic E-state index is 0.0496. The van der Waals surface area contributed by atoms with E-state index >= 15 is 0 Å². The maximum Gasteiger partial charge on any atom is 0.250 e. The molecule has 6 nitrogen and oxygen atoms in total. The average Bonchev–Trinajstić information content (AvgIpc) is 2.55. The summed E-state index contributed by atoms with van der Waals surface area (Å²) in [4.78, 5) is 20.5. The molecule has 0 radical (unpaired) electrons. The quantitative estimate of drug-likeness (QED) is 0.900. The van der Waals surface area contributed by atoms with Crippen LogP contribution in [-0.2, 0) is 24.1 Å². The third kappa shape index (κ3) is 3.17. The van der Waals surface area contributed by atoms with Crippen molar-refractivity contribution >= 4 is 5.95 Å². The Bertz CT molecular complexity index is 684. The predicted molar refractivity (Wildman–Crippen MR) is 84.0 cm³/mol. The highest BCUT2D eigenvalue weighted by molar-refractivity contribution is 5.31. The van der Waals surface area contributed by atoms with Crippen molar-refractivity contribution in [2.75, 3.05) is 19.0 Å².